The SMILES string of the molecule is CN(C)c1ccc(NC(=O)CNCCc2c[nH]c3ccccc23)cc1. The first-order valence-electron chi connectivity index (χ1n) is 8.46. The van der Waals surface area contributed by atoms with E-state index < -0.39 is 0 Å². The van der Waals surface area contributed by atoms with Crippen LogP contribution in [0.5, 0.6) is 0 Å². The maximum absolute atomic E-state index is 12.0. The number of H-pyrrole nitrogens is 1. The van der Waals surface area contributed by atoms with Gasteiger partial charge in [0.2, 0.25) is 5.91 Å². The quantitative estimate of drug-likeness (QED) is 0.581. The molecule has 0 aliphatic rings. The predicted molar refractivity (Wildman–Crippen MR) is 104 cm³/mol. The van der Waals surface area contributed by atoms with Crippen LogP contribution >= 0.6 is 0 Å². The van der Waals surface area contributed by atoms with E-state index in [0.717, 1.165) is 29.9 Å². The Morgan fingerprint density at radius 3 is 2.60 bits per heavy atom. The summed E-state index contributed by atoms with van der Waals surface area (Å²) >= 11 is 0. The molecule has 5 nitrogen and oxygen atoms in total. The van der Waals surface area contributed by atoms with Crippen LogP contribution in [0.4, 0.5) is 11.4 Å². The number of amides is 1. The fourth-order valence-electron chi connectivity index (χ4n) is 2.81. The fraction of sp³-hybridized carbons (Fsp3) is 0.250. The van der Waals surface area contributed by atoms with Crippen molar-refractivity contribution in [2.45, 2.75) is 6.42 Å². The number of aromatic nitrogens is 1. The second-order valence-corrected chi connectivity index (χ2v) is 6.28. The number of carbonyl (C=O) groups is 1. The zero-order valence-electron chi connectivity index (χ0n) is 14.7. The number of anilines is 2. The molecule has 1 aromatic heterocycles. The van der Waals surface area contributed by atoms with Crippen LogP contribution in [0.25, 0.3) is 10.9 Å². The van der Waals surface area contributed by atoms with Crippen LogP contribution < -0.4 is 15.5 Å². The van der Waals surface area contributed by atoms with Crippen LogP contribution in [0.2, 0.25) is 0 Å². The highest BCUT2D eigenvalue weighted by Gasteiger charge is 2.05. The van der Waals surface area contributed by atoms with Gasteiger partial charge in [0.1, 0.15) is 0 Å². The van der Waals surface area contributed by atoms with Gasteiger partial charge in [0.15, 0.2) is 0 Å². The fourth-order valence-corrected chi connectivity index (χ4v) is 2.81. The Labute approximate surface area is 148 Å². The number of nitrogens with zero attached hydrogens (tertiary/aromatic N) is 1. The number of benzene rings is 2. The lowest BCUT2D eigenvalue weighted by Crippen LogP contribution is -2.29. The molecule has 1 amide bonds. The molecule has 0 fully saturated rings. The van der Waals surface area contributed by atoms with Crippen LogP contribution in [0, 0.1) is 0 Å². The van der Waals surface area contributed by atoms with E-state index in [2.05, 4.69) is 27.8 Å². The minimum absolute atomic E-state index is 0.0310. The van der Waals surface area contributed by atoms with Gasteiger partial charge in [0, 0.05) is 42.6 Å². The van der Waals surface area contributed by atoms with Gasteiger partial charge in [-0.2, -0.15) is 0 Å². The molecule has 0 atom stereocenters. The summed E-state index contributed by atoms with van der Waals surface area (Å²) in [7, 11) is 3.98. The maximum Gasteiger partial charge on any atom is 0.238 e. The molecular weight excluding hydrogens is 312 g/mol. The third kappa shape index (κ3) is 4.39. The third-order valence-corrected chi connectivity index (χ3v) is 4.20. The number of nitrogens with one attached hydrogen (secondary N) is 3. The number of fused-ring (bicyclic) bond motifs is 1. The summed E-state index contributed by atoms with van der Waals surface area (Å²) in [6.45, 7) is 1.06. The number of aromatic amines is 1. The Bertz CT molecular complexity index is 836. The normalized spacial score (nSPS) is 10.8. The van der Waals surface area contributed by atoms with Crippen LogP contribution in [0.1, 0.15) is 5.56 Å². The smallest absolute Gasteiger partial charge is 0.238 e. The van der Waals surface area contributed by atoms with Crippen molar-refractivity contribution in [3.05, 3.63) is 60.3 Å². The molecule has 130 valence electrons. The van der Waals surface area contributed by atoms with E-state index in [1.165, 1.54) is 10.9 Å². The first-order valence-corrected chi connectivity index (χ1v) is 8.46. The number of hydrogen-bond acceptors (Lipinski definition) is 3. The highest BCUT2D eigenvalue weighted by molar-refractivity contribution is 5.92. The average molecular weight is 336 g/mol. The molecule has 25 heavy (non-hydrogen) atoms. The summed E-state index contributed by atoms with van der Waals surface area (Å²) in [4.78, 5) is 17.3. The van der Waals surface area contributed by atoms with Gasteiger partial charge in [-0.25, -0.2) is 0 Å². The Kier molecular flexibility index (Phi) is 5.36. The predicted octanol–water partition coefficient (Wildman–Crippen LogP) is 3.00. The number of para-hydroxylation sites is 1. The lowest BCUT2D eigenvalue weighted by Gasteiger charge is -2.13. The highest BCUT2D eigenvalue weighted by atomic mass is 16.1. The third-order valence-electron chi connectivity index (χ3n) is 4.20. The van der Waals surface area contributed by atoms with Gasteiger partial charge < -0.3 is 20.5 Å². The van der Waals surface area contributed by atoms with Crippen molar-refractivity contribution in [3.8, 4) is 0 Å². The zero-order valence-corrected chi connectivity index (χ0v) is 14.7. The molecule has 1 heterocycles. The van der Waals surface area contributed by atoms with Gasteiger partial charge in [0.05, 0.1) is 6.54 Å². The highest BCUT2D eigenvalue weighted by Crippen LogP contribution is 2.18. The standard InChI is InChI=1S/C20H24N4O/c1-24(2)17-9-7-16(8-10-17)23-20(25)14-21-12-11-15-13-22-19-6-4-3-5-18(15)19/h3-10,13,21-22H,11-12,14H2,1-2H3,(H,23,25). The molecule has 3 rings (SSSR count). The molecule has 0 bridgehead atoms. The van der Waals surface area contributed by atoms with Crippen molar-refractivity contribution in [2.24, 2.45) is 0 Å². The zero-order chi connectivity index (χ0) is 17.6. The van der Waals surface area contributed by atoms with Gasteiger partial charge in [0.25, 0.3) is 0 Å². The Balaban J connectivity index is 1.43. The molecule has 3 N–H and O–H groups in total. The second-order valence-electron chi connectivity index (χ2n) is 6.28. The molecule has 0 saturated heterocycles. The van der Waals surface area contributed by atoms with Gasteiger partial charge in [-0.3, -0.25) is 4.79 Å². The van der Waals surface area contributed by atoms with E-state index in [-0.39, 0.29) is 5.91 Å². The topological polar surface area (TPSA) is 60.2 Å². The van der Waals surface area contributed by atoms with Crippen LogP contribution in [-0.2, 0) is 11.2 Å². The van der Waals surface area contributed by atoms with Crippen molar-refractivity contribution in [1.82, 2.24) is 10.3 Å². The lowest BCUT2D eigenvalue weighted by atomic mass is 10.1. The number of rotatable bonds is 7. The van der Waals surface area contributed by atoms with Gasteiger partial charge in [-0.15, -0.1) is 0 Å². The van der Waals surface area contributed by atoms with Crippen molar-refractivity contribution in [1.29, 1.82) is 0 Å². The molecule has 0 unspecified atom stereocenters. The van der Waals surface area contributed by atoms with E-state index >= 15 is 0 Å². The molecule has 0 aliphatic heterocycles. The molecule has 5 heteroatoms. The van der Waals surface area contributed by atoms with Crippen LogP contribution in [0.15, 0.2) is 54.7 Å². The van der Waals surface area contributed by atoms with Gasteiger partial charge in [-0.1, -0.05) is 18.2 Å². The summed E-state index contributed by atoms with van der Waals surface area (Å²) < 4.78 is 0. The van der Waals surface area contributed by atoms with E-state index in [1.807, 2.05) is 61.6 Å². The summed E-state index contributed by atoms with van der Waals surface area (Å²) in [6.07, 6.45) is 2.92. The van der Waals surface area contributed by atoms with E-state index in [0.29, 0.717) is 6.54 Å². The van der Waals surface area contributed by atoms with E-state index in [4.69, 9.17) is 0 Å². The van der Waals surface area contributed by atoms with Gasteiger partial charge >= 0.3 is 0 Å². The number of carbonyl (C=O) groups excluding carboxylic acids is 1. The largest absolute Gasteiger partial charge is 0.378 e. The summed E-state index contributed by atoms with van der Waals surface area (Å²) in [6, 6.07) is 16.1. The first-order chi connectivity index (χ1) is 12.1. The van der Waals surface area contributed by atoms with Gasteiger partial charge in [-0.05, 0) is 48.9 Å². The monoisotopic (exact) mass is 336 g/mol. The summed E-state index contributed by atoms with van der Waals surface area (Å²) in [5.74, 6) is -0.0310. The molecule has 0 spiro atoms. The summed E-state index contributed by atoms with van der Waals surface area (Å²) in [5.41, 5.74) is 4.34. The van der Waals surface area contributed by atoms with Crippen LogP contribution in [0.3, 0.4) is 0 Å². The molecule has 0 radical (unpaired) electrons. The lowest BCUT2D eigenvalue weighted by molar-refractivity contribution is -0.115. The van der Waals surface area contributed by atoms with Crippen molar-refractivity contribution in [2.75, 3.05) is 37.4 Å². The van der Waals surface area contributed by atoms with Crippen molar-refractivity contribution >= 4 is 28.2 Å². The summed E-state index contributed by atoms with van der Waals surface area (Å²) in [5, 5.41) is 7.35. The Hall–Kier alpha value is -2.79. The molecule has 3 aromatic rings. The van der Waals surface area contributed by atoms with Crippen molar-refractivity contribution in [3.63, 3.8) is 0 Å². The first kappa shape index (κ1) is 17.0. The van der Waals surface area contributed by atoms with E-state index in [9.17, 15) is 4.79 Å². The molecule has 0 saturated carbocycles. The minimum atomic E-state index is -0.0310. The maximum atomic E-state index is 12.0. The molecular formula is C20H24N4O. The second kappa shape index (κ2) is 7.85. The average Bonchev–Trinajstić information content (AvgIpc) is 3.02. The number of hydrogen-bond donors (Lipinski definition) is 3. The minimum Gasteiger partial charge on any atom is -0.378 e. The molecule has 2 aromatic carbocycles. The van der Waals surface area contributed by atoms with Crippen LogP contribution in [-0.4, -0.2) is 38.1 Å². The van der Waals surface area contributed by atoms with Crippen molar-refractivity contribution < 1.29 is 4.79 Å². The molecule has 0 aliphatic carbocycles. The van der Waals surface area contributed by atoms with E-state index in [1.54, 1.807) is 0 Å². The Morgan fingerprint density at radius 2 is 1.84 bits per heavy atom. The Morgan fingerprint density at radius 1 is 1.08 bits per heavy atom.